The van der Waals surface area contributed by atoms with Crippen LogP contribution in [-0.2, 0) is 4.79 Å². The topological polar surface area (TPSA) is 69.6 Å². The Morgan fingerprint density at radius 1 is 1.50 bits per heavy atom. The van der Waals surface area contributed by atoms with Gasteiger partial charge in [-0.15, -0.1) is 11.6 Å². The number of hydrogen-bond donors (Lipinski definition) is 3. The molecule has 0 atom stereocenters. The molecular formula is C5H10ClNO3. The van der Waals surface area contributed by atoms with E-state index in [4.69, 9.17) is 21.8 Å². The minimum Gasteiger partial charge on any atom is -0.394 e. The van der Waals surface area contributed by atoms with Crippen LogP contribution >= 0.6 is 11.6 Å². The van der Waals surface area contributed by atoms with E-state index >= 15 is 0 Å². The second-order valence-electron chi connectivity index (χ2n) is 1.76. The lowest BCUT2D eigenvalue weighted by Crippen LogP contribution is -2.40. The summed E-state index contributed by atoms with van der Waals surface area (Å²) in [6, 6.07) is -0.591. The summed E-state index contributed by atoms with van der Waals surface area (Å²) in [4.78, 5) is 10.5. The Hall–Kier alpha value is -0.320. The van der Waals surface area contributed by atoms with Crippen LogP contribution in [0.25, 0.3) is 0 Å². The number of halogens is 1. The van der Waals surface area contributed by atoms with E-state index in [1.54, 1.807) is 0 Å². The van der Waals surface area contributed by atoms with E-state index in [2.05, 4.69) is 5.32 Å². The smallest absolute Gasteiger partial charge is 0.235 e. The van der Waals surface area contributed by atoms with Crippen molar-refractivity contribution in [3.63, 3.8) is 0 Å². The zero-order valence-electron chi connectivity index (χ0n) is 5.38. The molecule has 0 radical (unpaired) electrons. The van der Waals surface area contributed by atoms with Gasteiger partial charge < -0.3 is 15.5 Å². The average molecular weight is 168 g/mol. The molecule has 3 N–H and O–H groups in total. The maximum absolute atomic E-state index is 10.5. The number of aliphatic hydroxyl groups is 2. The quantitative estimate of drug-likeness (QED) is 0.456. The monoisotopic (exact) mass is 167 g/mol. The Kier molecular flexibility index (Phi) is 5.29. The van der Waals surface area contributed by atoms with Crippen LogP contribution in [0.1, 0.15) is 0 Å². The van der Waals surface area contributed by atoms with Gasteiger partial charge in [-0.1, -0.05) is 0 Å². The van der Waals surface area contributed by atoms with Crippen LogP contribution in [0, 0.1) is 0 Å². The first-order valence-electron chi connectivity index (χ1n) is 2.81. The predicted octanol–water partition coefficient (Wildman–Crippen LogP) is -1.31. The van der Waals surface area contributed by atoms with Crippen molar-refractivity contribution in [3.05, 3.63) is 0 Å². The summed E-state index contributed by atoms with van der Waals surface area (Å²) in [6.07, 6.45) is 0. The molecule has 4 nitrogen and oxygen atoms in total. The Labute approximate surface area is 63.8 Å². The molecule has 0 heterocycles. The Morgan fingerprint density at radius 2 is 2.00 bits per heavy atom. The lowest BCUT2D eigenvalue weighted by Gasteiger charge is -2.11. The highest BCUT2D eigenvalue weighted by molar-refractivity contribution is 6.27. The van der Waals surface area contributed by atoms with Gasteiger partial charge in [0.15, 0.2) is 0 Å². The summed E-state index contributed by atoms with van der Waals surface area (Å²) < 4.78 is 0. The number of amides is 1. The van der Waals surface area contributed by atoms with Crippen molar-refractivity contribution < 1.29 is 15.0 Å². The average Bonchev–Trinajstić information content (AvgIpc) is 1.99. The Bertz CT molecular complexity index is 105. The van der Waals surface area contributed by atoms with Gasteiger partial charge in [0.25, 0.3) is 0 Å². The molecule has 0 aromatic rings. The molecule has 0 saturated carbocycles. The molecule has 0 aromatic carbocycles. The molecule has 5 heteroatoms. The minimum absolute atomic E-state index is 0.156. The second-order valence-corrected chi connectivity index (χ2v) is 2.03. The van der Waals surface area contributed by atoms with Gasteiger partial charge in [0, 0.05) is 0 Å². The van der Waals surface area contributed by atoms with Gasteiger partial charge in [-0.25, -0.2) is 0 Å². The van der Waals surface area contributed by atoms with E-state index < -0.39 is 11.9 Å². The Morgan fingerprint density at radius 3 is 2.30 bits per heavy atom. The fourth-order valence-electron chi connectivity index (χ4n) is 0.415. The molecular weight excluding hydrogens is 158 g/mol. The molecule has 1 amide bonds. The minimum atomic E-state index is -0.591. The Balaban J connectivity index is 3.52. The lowest BCUT2D eigenvalue weighted by atomic mass is 10.3. The van der Waals surface area contributed by atoms with Crippen molar-refractivity contribution in [1.82, 2.24) is 5.32 Å². The van der Waals surface area contributed by atoms with Crippen LogP contribution in [-0.4, -0.2) is 41.3 Å². The molecule has 0 saturated heterocycles. The van der Waals surface area contributed by atoms with Gasteiger partial charge in [-0.2, -0.15) is 0 Å². The van der Waals surface area contributed by atoms with Crippen molar-refractivity contribution in [3.8, 4) is 0 Å². The predicted molar refractivity (Wildman–Crippen MR) is 36.8 cm³/mol. The molecule has 0 spiro atoms. The van der Waals surface area contributed by atoms with Gasteiger partial charge >= 0.3 is 0 Å². The molecule has 0 aliphatic heterocycles. The standard InChI is InChI=1S/C5H10ClNO3/c6-1-5(10)7-4(2-8)3-9/h4,8-9H,1-3H2,(H,7,10). The number of aliphatic hydroxyl groups excluding tert-OH is 2. The van der Waals surface area contributed by atoms with Crippen molar-refractivity contribution in [2.45, 2.75) is 6.04 Å². The third-order valence-electron chi connectivity index (χ3n) is 0.927. The number of nitrogens with one attached hydrogen (secondary N) is 1. The maximum atomic E-state index is 10.5. The largest absolute Gasteiger partial charge is 0.394 e. The van der Waals surface area contributed by atoms with Crippen LogP contribution in [0.5, 0.6) is 0 Å². The SMILES string of the molecule is O=C(CCl)NC(CO)CO. The van der Waals surface area contributed by atoms with E-state index in [0.29, 0.717) is 0 Å². The summed E-state index contributed by atoms with van der Waals surface area (Å²) in [7, 11) is 0. The highest BCUT2D eigenvalue weighted by Crippen LogP contribution is 1.81. The third kappa shape index (κ3) is 3.66. The van der Waals surface area contributed by atoms with E-state index in [0.717, 1.165) is 0 Å². The number of alkyl halides is 1. The zero-order chi connectivity index (χ0) is 7.98. The second kappa shape index (κ2) is 5.46. The first-order valence-corrected chi connectivity index (χ1v) is 3.35. The molecule has 0 aliphatic carbocycles. The van der Waals surface area contributed by atoms with Crippen molar-refractivity contribution in [2.24, 2.45) is 0 Å². The van der Waals surface area contributed by atoms with Crippen LogP contribution in [0.3, 0.4) is 0 Å². The van der Waals surface area contributed by atoms with Crippen LogP contribution in [0.4, 0.5) is 0 Å². The first-order chi connectivity index (χ1) is 4.74. The first kappa shape index (κ1) is 9.68. The van der Waals surface area contributed by atoms with Crippen molar-refractivity contribution in [2.75, 3.05) is 19.1 Å². The summed E-state index contributed by atoms with van der Waals surface area (Å²) in [5, 5.41) is 19.2. The molecule has 0 bridgehead atoms. The fraction of sp³-hybridized carbons (Fsp3) is 0.800. The summed E-state index contributed by atoms with van der Waals surface area (Å²) >= 11 is 5.13. The fourth-order valence-corrected chi connectivity index (χ4v) is 0.492. The number of rotatable bonds is 4. The molecule has 0 unspecified atom stereocenters. The summed E-state index contributed by atoms with van der Waals surface area (Å²) in [5.74, 6) is -0.550. The van der Waals surface area contributed by atoms with E-state index in [-0.39, 0.29) is 19.1 Å². The number of carbonyl (C=O) groups excluding carboxylic acids is 1. The highest BCUT2D eigenvalue weighted by atomic mass is 35.5. The van der Waals surface area contributed by atoms with Gasteiger partial charge in [0.05, 0.1) is 19.3 Å². The normalized spacial score (nSPS) is 10.0. The van der Waals surface area contributed by atoms with Crippen molar-refractivity contribution in [1.29, 1.82) is 0 Å². The van der Waals surface area contributed by atoms with E-state index in [1.165, 1.54) is 0 Å². The van der Waals surface area contributed by atoms with Crippen molar-refractivity contribution >= 4 is 17.5 Å². The summed E-state index contributed by atoms with van der Waals surface area (Å²) in [6.45, 7) is -0.557. The molecule has 10 heavy (non-hydrogen) atoms. The van der Waals surface area contributed by atoms with E-state index in [9.17, 15) is 4.79 Å². The number of hydrogen-bond acceptors (Lipinski definition) is 3. The highest BCUT2D eigenvalue weighted by Gasteiger charge is 2.07. The van der Waals surface area contributed by atoms with Crippen LogP contribution in [0.15, 0.2) is 0 Å². The molecule has 60 valence electrons. The zero-order valence-corrected chi connectivity index (χ0v) is 6.14. The van der Waals surface area contributed by atoms with E-state index in [1.807, 2.05) is 0 Å². The number of carbonyl (C=O) groups is 1. The van der Waals surface area contributed by atoms with Gasteiger partial charge in [-0.3, -0.25) is 4.79 Å². The lowest BCUT2D eigenvalue weighted by molar-refractivity contribution is -0.120. The van der Waals surface area contributed by atoms with Gasteiger partial charge in [-0.05, 0) is 0 Å². The maximum Gasteiger partial charge on any atom is 0.235 e. The van der Waals surface area contributed by atoms with Gasteiger partial charge in [0.1, 0.15) is 5.88 Å². The molecule has 0 aliphatic rings. The molecule has 0 rings (SSSR count). The molecule has 0 fully saturated rings. The molecule has 0 aromatic heterocycles. The van der Waals surface area contributed by atoms with Crippen LogP contribution < -0.4 is 5.32 Å². The third-order valence-corrected chi connectivity index (χ3v) is 1.17. The van der Waals surface area contributed by atoms with Crippen LogP contribution in [0.2, 0.25) is 0 Å². The summed E-state index contributed by atoms with van der Waals surface area (Å²) in [5.41, 5.74) is 0. The van der Waals surface area contributed by atoms with Gasteiger partial charge in [0.2, 0.25) is 5.91 Å².